The molecule has 1 rings (SSSR count). The maximum absolute atomic E-state index is 13.8. The van der Waals surface area contributed by atoms with Crippen LogP contribution in [-0.2, 0) is 0 Å². The van der Waals surface area contributed by atoms with E-state index in [0.717, 1.165) is 0 Å². The number of nitrogens with two attached hydrogens (primary N) is 1. The van der Waals surface area contributed by atoms with E-state index in [1.807, 2.05) is 0 Å². The Morgan fingerprint density at radius 3 is 2.73 bits per heavy atom. The Morgan fingerprint density at radius 1 is 1.53 bits per heavy atom. The number of benzene rings is 1. The highest BCUT2D eigenvalue weighted by molar-refractivity contribution is 5.40. The third kappa shape index (κ3) is 2.46. The molecule has 0 fully saturated rings. The van der Waals surface area contributed by atoms with Gasteiger partial charge in [-0.1, -0.05) is 6.07 Å². The molecule has 1 aromatic rings. The van der Waals surface area contributed by atoms with Crippen LogP contribution in [0, 0.1) is 12.7 Å². The number of aryl methyl sites for hydroxylation is 1. The van der Waals surface area contributed by atoms with Crippen molar-refractivity contribution >= 4 is 0 Å². The Kier molecular flexibility index (Phi) is 4.05. The van der Waals surface area contributed by atoms with E-state index < -0.39 is 6.04 Å². The van der Waals surface area contributed by atoms with Gasteiger partial charge in [0.2, 0.25) is 0 Å². The van der Waals surface area contributed by atoms with Crippen molar-refractivity contribution < 1.29 is 14.2 Å². The van der Waals surface area contributed by atoms with Gasteiger partial charge in [0.1, 0.15) is 11.6 Å². The van der Waals surface area contributed by atoms with Gasteiger partial charge in [-0.2, -0.15) is 0 Å². The summed E-state index contributed by atoms with van der Waals surface area (Å²) in [6.45, 7) is 1.60. The Bertz CT molecular complexity index is 342. The second-order valence-electron chi connectivity index (χ2n) is 3.43. The van der Waals surface area contributed by atoms with Crippen LogP contribution in [0.3, 0.4) is 0 Å². The number of hydrogen-bond donors (Lipinski definition) is 2. The number of hydrogen-bond acceptors (Lipinski definition) is 3. The topological polar surface area (TPSA) is 55.5 Å². The van der Waals surface area contributed by atoms with Crippen LogP contribution in [0.5, 0.6) is 5.75 Å². The lowest BCUT2D eigenvalue weighted by atomic mass is 10.0. The number of aliphatic hydroxyl groups is 1. The Labute approximate surface area is 88.7 Å². The first-order valence-electron chi connectivity index (χ1n) is 4.81. The summed E-state index contributed by atoms with van der Waals surface area (Å²) in [5, 5.41) is 8.78. The molecule has 84 valence electrons. The normalized spacial score (nSPS) is 12.6. The molecule has 0 amide bonds. The lowest BCUT2D eigenvalue weighted by molar-refractivity contribution is 0.273. The summed E-state index contributed by atoms with van der Waals surface area (Å²) < 4.78 is 18.8. The Balaban J connectivity index is 3.17. The fraction of sp³-hybridized carbons (Fsp3) is 0.455. The zero-order chi connectivity index (χ0) is 11.4. The van der Waals surface area contributed by atoms with Gasteiger partial charge in [0.15, 0.2) is 0 Å². The molecule has 1 unspecified atom stereocenters. The maximum Gasteiger partial charge on any atom is 0.134 e. The van der Waals surface area contributed by atoms with E-state index in [0.29, 0.717) is 23.3 Å². The Morgan fingerprint density at radius 2 is 2.20 bits per heavy atom. The molecule has 3 nitrogen and oxygen atoms in total. The van der Waals surface area contributed by atoms with E-state index in [2.05, 4.69) is 0 Å². The molecule has 0 bridgehead atoms. The molecule has 15 heavy (non-hydrogen) atoms. The van der Waals surface area contributed by atoms with Crippen molar-refractivity contribution in [3.8, 4) is 5.75 Å². The third-order valence-corrected chi connectivity index (χ3v) is 2.36. The van der Waals surface area contributed by atoms with Crippen LogP contribution in [0.2, 0.25) is 0 Å². The van der Waals surface area contributed by atoms with Crippen LogP contribution in [0.1, 0.15) is 23.6 Å². The average molecular weight is 213 g/mol. The number of ether oxygens (including phenoxy) is 1. The van der Waals surface area contributed by atoms with Gasteiger partial charge in [-0.25, -0.2) is 4.39 Å². The quantitative estimate of drug-likeness (QED) is 0.797. The molecule has 0 aliphatic rings. The minimum atomic E-state index is -0.537. The fourth-order valence-electron chi connectivity index (χ4n) is 1.49. The van der Waals surface area contributed by atoms with Gasteiger partial charge in [0.05, 0.1) is 7.11 Å². The molecule has 0 aromatic heterocycles. The van der Waals surface area contributed by atoms with Crippen LogP contribution >= 0.6 is 0 Å². The number of halogens is 1. The highest BCUT2D eigenvalue weighted by atomic mass is 19.1. The summed E-state index contributed by atoms with van der Waals surface area (Å²) in [5.74, 6) is 0.0781. The van der Waals surface area contributed by atoms with Crippen molar-refractivity contribution in [3.63, 3.8) is 0 Å². The van der Waals surface area contributed by atoms with Gasteiger partial charge in [0.25, 0.3) is 0 Å². The predicted molar refractivity (Wildman–Crippen MR) is 56.3 cm³/mol. The zero-order valence-electron chi connectivity index (χ0n) is 8.96. The fourth-order valence-corrected chi connectivity index (χ4v) is 1.49. The summed E-state index contributed by atoms with van der Waals surface area (Å²) in [6.07, 6.45) is 0.316. The van der Waals surface area contributed by atoms with Crippen LogP contribution in [0.4, 0.5) is 4.39 Å². The molecule has 0 heterocycles. The molecule has 0 aliphatic heterocycles. The van der Waals surface area contributed by atoms with Crippen LogP contribution in [0.25, 0.3) is 0 Å². The number of aliphatic hydroxyl groups excluding tert-OH is 1. The number of rotatable bonds is 4. The molecule has 4 heteroatoms. The van der Waals surface area contributed by atoms with Crippen molar-refractivity contribution in [2.75, 3.05) is 13.7 Å². The summed E-state index contributed by atoms with van der Waals surface area (Å²) in [6, 6.07) is 2.79. The molecule has 0 radical (unpaired) electrons. The third-order valence-electron chi connectivity index (χ3n) is 2.36. The van der Waals surface area contributed by atoms with Crippen molar-refractivity contribution in [1.29, 1.82) is 0 Å². The zero-order valence-corrected chi connectivity index (χ0v) is 8.96. The minimum Gasteiger partial charge on any atom is -0.496 e. The van der Waals surface area contributed by atoms with E-state index in [9.17, 15) is 4.39 Å². The van der Waals surface area contributed by atoms with E-state index in [-0.39, 0.29) is 12.4 Å². The van der Waals surface area contributed by atoms with Crippen LogP contribution in [-0.4, -0.2) is 18.8 Å². The Hall–Kier alpha value is -1.13. The largest absolute Gasteiger partial charge is 0.496 e. The monoisotopic (exact) mass is 213 g/mol. The van der Waals surface area contributed by atoms with E-state index >= 15 is 0 Å². The van der Waals surface area contributed by atoms with E-state index in [1.165, 1.54) is 7.11 Å². The van der Waals surface area contributed by atoms with E-state index in [4.69, 9.17) is 15.6 Å². The summed E-state index contributed by atoms with van der Waals surface area (Å²) in [4.78, 5) is 0. The van der Waals surface area contributed by atoms with Gasteiger partial charge in [-0.05, 0) is 25.0 Å². The molecule has 1 atom stereocenters. The first kappa shape index (κ1) is 11.9. The first-order chi connectivity index (χ1) is 7.11. The molecule has 0 saturated carbocycles. The van der Waals surface area contributed by atoms with Gasteiger partial charge in [-0.15, -0.1) is 0 Å². The molecule has 1 aromatic carbocycles. The van der Waals surface area contributed by atoms with Gasteiger partial charge < -0.3 is 15.6 Å². The van der Waals surface area contributed by atoms with Gasteiger partial charge >= 0.3 is 0 Å². The highest BCUT2D eigenvalue weighted by Gasteiger charge is 2.18. The second-order valence-corrected chi connectivity index (χ2v) is 3.43. The standard InChI is InChI=1S/C11H16FNO2/c1-7-3-4-9(15-2)10(11(7)12)8(13)5-6-14/h3-4,8,14H,5-6,13H2,1-2H3. The second kappa shape index (κ2) is 5.09. The van der Waals surface area contributed by atoms with Crippen molar-refractivity contribution in [1.82, 2.24) is 0 Å². The van der Waals surface area contributed by atoms with Crippen molar-refractivity contribution in [2.45, 2.75) is 19.4 Å². The smallest absolute Gasteiger partial charge is 0.134 e. The molecule has 0 spiro atoms. The lowest BCUT2D eigenvalue weighted by Gasteiger charge is -2.16. The van der Waals surface area contributed by atoms with E-state index in [1.54, 1.807) is 19.1 Å². The van der Waals surface area contributed by atoms with Crippen LogP contribution < -0.4 is 10.5 Å². The predicted octanol–water partition coefficient (Wildman–Crippen LogP) is 1.52. The highest BCUT2D eigenvalue weighted by Crippen LogP contribution is 2.29. The van der Waals surface area contributed by atoms with Crippen molar-refractivity contribution in [3.05, 3.63) is 29.1 Å². The van der Waals surface area contributed by atoms with Crippen molar-refractivity contribution in [2.24, 2.45) is 5.73 Å². The molecule has 3 N–H and O–H groups in total. The molecule has 0 saturated heterocycles. The molecular weight excluding hydrogens is 197 g/mol. The maximum atomic E-state index is 13.8. The molecule has 0 aliphatic carbocycles. The SMILES string of the molecule is COc1ccc(C)c(F)c1C(N)CCO. The summed E-state index contributed by atoms with van der Waals surface area (Å²) in [7, 11) is 1.47. The number of methoxy groups -OCH3 is 1. The molecular formula is C11H16FNO2. The summed E-state index contributed by atoms with van der Waals surface area (Å²) in [5.41, 5.74) is 6.64. The summed E-state index contributed by atoms with van der Waals surface area (Å²) >= 11 is 0. The lowest BCUT2D eigenvalue weighted by Crippen LogP contribution is -2.15. The van der Waals surface area contributed by atoms with Crippen LogP contribution in [0.15, 0.2) is 12.1 Å². The van der Waals surface area contributed by atoms with Gasteiger partial charge in [-0.3, -0.25) is 0 Å². The minimum absolute atomic E-state index is 0.0717. The van der Waals surface area contributed by atoms with Gasteiger partial charge in [0, 0.05) is 18.2 Å². The first-order valence-corrected chi connectivity index (χ1v) is 4.81. The average Bonchev–Trinajstić information content (AvgIpc) is 2.22.